The molecule has 1 aromatic carbocycles. The Labute approximate surface area is 144 Å². The van der Waals surface area contributed by atoms with Crippen LogP contribution in [-0.4, -0.2) is 26.8 Å². The average Bonchev–Trinajstić information content (AvgIpc) is 2.87. The largest absolute Gasteiger partial charge is 0.325 e. The lowest BCUT2D eigenvalue weighted by molar-refractivity contribution is -0.131. The van der Waals surface area contributed by atoms with Gasteiger partial charge in [0, 0.05) is 17.8 Å². The van der Waals surface area contributed by atoms with E-state index >= 15 is 0 Å². The smallest absolute Gasteiger partial charge is 0.318 e. The van der Waals surface area contributed by atoms with Gasteiger partial charge in [0.15, 0.2) is 5.54 Å². The molecule has 2 aromatic heterocycles. The van der Waals surface area contributed by atoms with Gasteiger partial charge in [0.25, 0.3) is 5.91 Å². The number of carbonyl (C=O) groups excluding carboxylic acids is 2. The van der Waals surface area contributed by atoms with Gasteiger partial charge >= 0.3 is 6.03 Å². The summed E-state index contributed by atoms with van der Waals surface area (Å²) < 4.78 is 0. The van der Waals surface area contributed by atoms with Gasteiger partial charge in [0.1, 0.15) is 0 Å². The number of urea groups is 1. The van der Waals surface area contributed by atoms with Crippen molar-refractivity contribution >= 4 is 22.8 Å². The van der Waals surface area contributed by atoms with Gasteiger partial charge in [-0.05, 0) is 30.7 Å². The van der Waals surface area contributed by atoms with Crippen LogP contribution >= 0.6 is 0 Å². The van der Waals surface area contributed by atoms with E-state index < -0.39 is 11.6 Å². The molecule has 124 valence electrons. The summed E-state index contributed by atoms with van der Waals surface area (Å²) in [7, 11) is 0. The van der Waals surface area contributed by atoms with Gasteiger partial charge in [-0.2, -0.15) is 0 Å². The van der Waals surface area contributed by atoms with Gasteiger partial charge in [-0.3, -0.25) is 19.7 Å². The highest BCUT2D eigenvalue weighted by Gasteiger charge is 2.49. The zero-order valence-corrected chi connectivity index (χ0v) is 13.6. The fourth-order valence-corrected chi connectivity index (χ4v) is 3.14. The predicted molar refractivity (Wildman–Crippen MR) is 92.4 cm³/mol. The van der Waals surface area contributed by atoms with Crippen LogP contribution in [0.25, 0.3) is 10.9 Å². The molecule has 1 N–H and O–H groups in total. The Hall–Kier alpha value is -3.28. The number of rotatable bonds is 3. The number of para-hydroxylation sites is 1. The van der Waals surface area contributed by atoms with Gasteiger partial charge in [-0.15, -0.1) is 0 Å². The van der Waals surface area contributed by atoms with Gasteiger partial charge in [0.05, 0.1) is 17.8 Å². The van der Waals surface area contributed by atoms with Crippen LogP contribution in [0.5, 0.6) is 0 Å². The van der Waals surface area contributed by atoms with E-state index in [-0.39, 0.29) is 12.5 Å². The summed E-state index contributed by atoms with van der Waals surface area (Å²) in [6.45, 7) is 1.85. The molecule has 3 aromatic rings. The van der Waals surface area contributed by atoms with Gasteiger partial charge in [-0.25, -0.2) is 4.79 Å². The maximum absolute atomic E-state index is 13.0. The van der Waals surface area contributed by atoms with E-state index in [2.05, 4.69) is 15.3 Å². The number of fused-ring (bicyclic) bond motifs is 1. The molecule has 6 nitrogen and oxygen atoms in total. The molecule has 3 heterocycles. The van der Waals surface area contributed by atoms with Crippen LogP contribution < -0.4 is 5.32 Å². The molecule has 0 unspecified atom stereocenters. The topological polar surface area (TPSA) is 75.2 Å². The standard InChI is InChI=1S/C19H16N4O2/c1-19(15-9-2-3-10-20-15)17(24)23(18(25)22-19)12-14-7-4-6-13-8-5-11-21-16(13)14/h2-11H,12H2,1H3,(H,22,25)/t19-/m1/s1. The first-order valence-corrected chi connectivity index (χ1v) is 7.98. The third kappa shape index (κ3) is 2.42. The first-order chi connectivity index (χ1) is 12.1. The molecular weight excluding hydrogens is 316 g/mol. The van der Waals surface area contributed by atoms with Gasteiger partial charge < -0.3 is 5.32 Å². The lowest BCUT2D eigenvalue weighted by atomic mass is 9.97. The highest BCUT2D eigenvalue weighted by atomic mass is 16.2. The van der Waals surface area contributed by atoms with Crippen LogP contribution in [-0.2, 0) is 16.9 Å². The second-order valence-electron chi connectivity index (χ2n) is 6.15. The van der Waals surface area contributed by atoms with Crippen molar-refractivity contribution in [1.82, 2.24) is 20.2 Å². The van der Waals surface area contributed by atoms with Crippen molar-refractivity contribution < 1.29 is 9.59 Å². The summed E-state index contributed by atoms with van der Waals surface area (Å²) in [6, 6.07) is 14.4. The predicted octanol–water partition coefficient (Wildman–Crippen LogP) is 2.60. The molecule has 1 aliphatic heterocycles. The van der Waals surface area contributed by atoms with Crippen LogP contribution in [0.3, 0.4) is 0 Å². The highest BCUT2D eigenvalue weighted by Crippen LogP contribution is 2.29. The monoisotopic (exact) mass is 332 g/mol. The number of pyridine rings is 2. The number of benzene rings is 1. The normalized spacial score (nSPS) is 20.1. The Kier molecular flexibility index (Phi) is 3.46. The Morgan fingerprint density at radius 1 is 1.00 bits per heavy atom. The van der Waals surface area contributed by atoms with E-state index in [0.717, 1.165) is 16.5 Å². The minimum Gasteiger partial charge on any atom is -0.318 e. The summed E-state index contributed by atoms with van der Waals surface area (Å²) in [5, 5.41) is 3.74. The fraction of sp³-hybridized carbons (Fsp3) is 0.158. The molecule has 3 amide bonds. The SMILES string of the molecule is C[C@]1(c2ccccn2)NC(=O)N(Cc2cccc3cccnc23)C1=O. The van der Waals surface area contributed by atoms with Gasteiger partial charge in [-0.1, -0.05) is 30.3 Å². The maximum Gasteiger partial charge on any atom is 0.325 e. The number of imide groups is 1. The number of hydrogen-bond acceptors (Lipinski definition) is 4. The average molecular weight is 332 g/mol. The van der Waals surface area contributed by atoms with E-state index in [1.54, 1.807) is 37.5 Å². The molecule has 6 heteroatoms. The number of nitrogens with zero attached hydrogens (tertiary/aromatic N) is 3. The Morgan fingerprint density at radius 3 is 2.60 bits per heavy atom. The van der Waals surface area contributed by atoms with Gasteiger partial charge in [0.2, 0.25) is 0 Å². The Bertz CT molecular complexity index is 968. The minimum atomic E-state index is -1.16. The van der Waals surface area contributed by atoms with Crippen molar-refractivity contribution in [2.45, 2.75) is 19.0 Å². The maximum atomic E-state index is 13.0. The molecule has 0 spiro atoms. The van der Waals surface area contributed by atoms with Crippen LogP contribution in [0.15, 0.2) is 60.9 Å². The molecule has 25 heavy (non-hydrogen) atoms. The summed E-state index contributed by atoms with van der Waals surface area (Å²) >= 11 is 0. The quantitative estimate of drug-likeness (QED) is 0.748. The molecule has 0 saturated carbocycles. The number of hydrogen-bond donors (Lipinski definition) is 1. The zero-order chi connectivity index (χ0) is 17.4. The van der Waals surface area contributed by atoms with Crippen molar-refractivity contribution in [2.75, 3.05) is 0 Å². The van der Waals surface area contributed by atoms with Crippen LogP contribution in [0, 0.1) is 0 Å². The van der Waals surface area contributed by atoms with E-state index in [9.17, 15) is 9.59 Å². The molecule has 1 fully saturated rings. The highest BCUT2D eigenvalue weighted by molar-refractivity contribution is 6.07. The van der Waals surface area contributed by atoms with Crippen LogP contribution in [0.4, 0.5) is 4.79 Å². The lowest BCUT2D eigenvalue weighted by Crippen LogP contribution is -2.41. The first-order valence-electron chi connectivity index (χ1n) is 7.98. The third-order valence-electron chi connectivity index (χ3n) is 4.50. The third-order valence-corrected chi connectivity index (χ3v) is 4.50. The van der Waals surface area contributed by atoms with Crippen molar-refractivity contribution in [3.63, 3.8) is 0 Å². The summed E-state index contributed by atoms with van der Waals surface area (Å²) in [5.41, 5.74) is 0.979. The second kappa shape index (κ2) is 5.66. The fourth-order valence-electron chi connectivity index (χ4n) is 3.14. The molecule has 0 aliphatic carbocycles. The summed E-state index contributed by atoms with van der Waals surface area (Å²) in [4.78, 5) is 35.3. The molecular formula is C19H16N4O2. The molecule has 1 saturated heterocycles. The second-order valence-corrected chi connectivity index (χ2v) is 6.15. The summed E-state index contributed by atoms with van der Waals surface area (Å²) in [5.74, 6) is -0.316. The van der Waals surface area contributed by atoms with E-state index in [1.807, 2.05) is 30.3 Å². The molecule has 1 atom stereocenters. The number of nitrogens with one attached hydrogen (secondary N) is 1. The van der Waals surface area contributed by atoms with E-state index in [4.69, 9.17) is 0 Å². The summed E-state index contributed by atoms with van der Waals surface area (Å²) in [6.07, 6.45) is 3.31. The molecule has 0 bridgehead atoms. The van der Waals surface area contributed by atoms with Crippen molar-refractivity contribution in [3.8, 4) is 0 Å². The number of carbonyl (C=O) groups is 2. The molecule has 4 rings (SSSR count). The first kappa shape index (κ1) is 15.3. The van der Waals surface area contributed by atoms with E-state index in [1.165, 1.54) is 4.90 Å². The molecule has 1 aliphatic rings. The van der Waals surface area contributed by atoms with Crippen molar-refractivity contribution in [3.05, 3.63) is 72.2 Å². The number of aromatic nitrogens is 2. The van der Waals surface area contributed by atoms with E-state index in [0.29, 0.717) is 5.69 Å². The lowest BCUT2D eigenvalue weighted by Gasteiger charge is -2.21. The Balaban J connectivity index is 1.70. The van der Waals surface area contributed by atoms with Crippen molar-refractivity contribution in [1.29, 1.82) is 0 Å². The zero-order valence-electron chi connectivity index (χ0n) is 13.6. The Morgan fingerprint density at radius 2 is 1.80 bits per heavy atom. The minimum absolute atomic E-state index is 0.168. The molecule has 0 radical (unpaired) electrons. The number of amides is 3. The van der Waals surface area contributed by atoms with Crippen molar-refractivity contribution in [2.24, 2.45) is 0 Å². The van der Waals surface area contributed by atoms with Crippen LogP contribution in [0.2, 0.25) is 0 Å². The van der Waals surface area contributed by atoms with Crippen LogP contribution in [0.1, 0.15) is 18.2 Å².